The van der Waals surface area contributed by atoms with Gasteiger partial charge in [0.2, 0.25) is 0 Å². The first kappa shape index (κ1) is 17.0. The summed E-state index contributed by atoms with van der Waals surface area (Å²) >= 11 is 0. The number of nitrogens with two attached hydrogens (primary N) is 1. The van der Waals surface area contributed by atoms with E-state index in [2.05, 4.69) is 0 Å². The number of imide groups is 1. The lowest BCUT2D eigenvalue weighted by atomic mass is 10.1. The third-order valence-electron chi connectivity index (χ3n) is 3.47. The fourth-order valence-corrected chi connectivity index (χ4v) is 2.33. The summed E-state index contributed by atoms with van der Waals surface area (Å²) in [5, 5.41) is 2.13. The molecule has 0 aliphatic carbocycles. The summed E-state index contributed by atoms with van der Waals surface area (Å²) in [6.07, 6.45) is 0. The number of urea groups is 1. The number of anilines is 1. The van der Waals surface area contributed by atoms with Gasteiger partial charge in [-0.15, -0.1) is 0 Å². The molecule has 0 aromatic heterocycles. The Morgan fingerprint density at radius 3 is 2.08 bits per heavy atom. The highest BCUT2D eigenvalue weighted by Crippen LogP contribution is 2.26. The number of hydrogen-bond donors (Lipinski definition) is 2. The molecule has 0 fully saturated rings. The van der Waals surface area contributed by atoms with Gasteiger partial charge in [0.05, 0.1) is 22.4 Å². The van der Waals surface area contributed by atoms with E-state index in [1.54, 1.807) is 0 Å². The zero-order valence-corrected chi connectivity index (χ0v) is 12.8. The summed E-state index contributed by atoms with van der Waals surface area (Å²) in [6.45, 7) is 0. The molecule has 1 aliphatic rings. The molecule has 0 spiro atoms. The van der Waals surface area contributed by atoms with Gasteiger partial charge in [0.25, 0.3) is 11.8 Å². The van der Waals surface area contributed by atoms with Crippen LogP contribution in [0.15, 0.2) is 36.4 Å². The van der Waals surface area contributed by atoms with Crippen molar-refractivity contribution < 1.29 is 32.8 Å². The first-order valence-electron chi connectivity index (χ1n) is 7.05. The Hall–Kier alpha value is -3.82. The van der Waals surface area contributed by atoms with Gasteiger partial charge in [0, 0.05) is 6.07 Å². The van der Waals surface area contributed by atoms with Crippen molar-refractivity contribution in [1.82, 2.24) is 5.06 Å². The number of halogens is 2. The molecular formula is C16H9F2N3O5. The fraction of sp³-hybridized carbons (Fsp3) is 0. The molecule has 132 valence electrons. The third kappa shape index (κ3) is 2.83. The number of amides is 4. The highest BCUT2D eigenvalue weighted by molar-refractivity contribution is 6.21. The van der Waals surface area contributed by atoms with E-state index >= 15 is 0 Å². The van der Waals surface area contributed by atoms with Crippen molar-refractivity contribution in [3.8, 4) is 0 Å². The quantitative estimate of drug-likeness (QED) is 0.809. The Labute approximate surface area is 144 Å². The van der Waals surface area contributed by atoms with E-state index in [4.69, 9.17) is 10.6 Å². The normalized spacial score (nSPS) is 12.8. The molecule has 1 heterocycles. The largest absolute Gasteiger partial charge is 0.366 e. The topological polar surface area (TPSA) is 119 Å². The lowest BCUT2D eigenvalue weighted by Crippen LogP contribution is -2.33. The number of rotatable bonds is 3. The van der Waals surface area contributed by atoms with Crippen LogP contribution in [0, 0.1) is 11.6 Å². The van der Waals surface area contributed by atoms with Gasteiger partial charge >= 0.3 is 12.0 Å². The number of nitrogens with one attached hydrogen (secondary N) is 1. The number of fused-ring (bicyclic) bond motifs is 1. The summed E-state index contributed by atoms with van der Waals surface area (Å²) in [5.41, 5.74) is 3.82. The zero-order valence-electron chi connectivity index (χ0n) is 12.8. The van der Waals surface area contributed by atoms with Gasteiger partial charge in [-0.25, -0.2) is 18.4 Å². The van der Waals surface area contributed by atoms with Crippen molar-refractivity contribution in [3.63, 3.8) is 0 Å². The lowest BCUT2D eigenvalue weighted by Gasteiger charge is -2.15. The van der Waals surface area contributed by atoms with Crippen LogP contribution in [0.1, 0.15) is 31.1 Å². The monoisotopic (exact) mass is 361 g/mol. The van der Waals surface area contributed by atoms with Crippen molar-refractivity contribution >= 4 is 29.5 Å². The van der Waals surface area contributed by atoms with Gasteiger partial charge < -0.3 is 15.9 Å². The molecular weight excluding hydrogens is 352 g/mol. The second-order valence-corrected chi connectivity index (χ2v) is 5.13. The molecule has 2 aromatic rings. The smallest absolute Gasteiger partial charge is 0.351 e. The maximum Gasteiger partial charge on any atom is 0.366 e. The number of hydrogen-bond acceptors (Lipinski definition) is 5. The number of hydroxylamine groups is 2. The van der Waals surface area contributed by atoms with Crippen LogP contribution in [0.2, 0.25) is 0 Å². The van der Waals surface area contributed by atoms with E-state index in [1.165, 1.54) is 24.3 Å². The van der Waals surface area contributed by atoms with Crippen LogP contribution >= 0.6 is 0 Å². The molecule has 3 rings (SSSR count). The number of primary amides is 1. The molecule has 1 aliphatic heterocycles. The van der Waals surface area contributed by atoms with Crippen molar-refractivity contribution in [2.45, 2.75) is 0 Å². The molecule has 0 bridgehead atoms. The third-order valence-corrected chi connectivity index (χ3v) is 3.47. The molecule has 4 amide bonds. The number of carbonyl (C=O) groups excluding carboxylic acids is 4. The summed E-state index contributed by atoms with van der Waals surface area (Å²) in [7, 11) is 0. The van der Waals surface area contributed by atoms with Crippen LogP contribution in [0.25, 0.3) is 0 Å². The number of carbonyl (C=O) groups is 4. The SMILES string of the molecule is NC(=O)Nc1cc(F)c(F)cc1C(=O)ON1C(=O)c2ccccc2C1=O. The second kappa shape index (κ2) is 6.24. The van der Waals surface area contributed by atoms with Crippen LogP contribution < -0.4 is 11.1 Å². The van der Waals surface area contributed by atoms with Gasteiger partial charge in [-0.05, 0) is 18.2 Å². The van der Waals surface area contributed by atoms with Gasteiger partial charge in [-0.2, -0.15) is 0 Å². The molecule has 0 unspecified atom stereocenters. The Morgan fingerprint density at radius 2 is 1.54 bits per heavy atom. The maximum absolute atomic E-state index is 13.5. The zero-order chi connectivity index (χ0) is 19.0. The Kier molecular flexibility index (Phi) is 4.08. The lowest BCUT2D eigenvalue weighted by molar-refractivity contribution is -0.0584. The average molecular weight is 361 g/mol. The minimum Gasteiger partial charge on any atom is -0.351 e. The summed E-state index contributed by atoms with van der Waals surface area (Å²) in [4.78, 5) is 52.3. The second-order valence-electron chi connectivity index (χ2n) is 5.13. The molecule has 0 radical (unpaired) electrons. The van der Waals surface area contributed by atoms with Crippen LogP contribution in [0.3, 0.4) is 0 Å². The first-order valence-corrected chi connectivity index (χ1v) is 7.05. The standard InChI is InChI=1S/C16H9F2N3O5/c17-10-5-9(12(6-11(10)18)20-16(19)25)15(24)26-21-13(22)7-3-1-2-4-8(7)14(21)23/h1-6H,(H3,19,20,25). The predicted octanol–water partition coefficient (Wildman–Crippen LogP) is 1.82. The van der Waals surface area contributed by atoms with Crippen LogP contribution in [0.5, 0.6) is 0 Å². The summed E-state index contributed by atoms with van der Waals surface area (Å²) in [5.74, 6) is -5.93. The molecule has 0 saturated carbocycles. The van der Waals surface area contributed by atoms with Crippen LogP contribution in [-0.2, 0) is 4.84 Å². The molecule has 3 N–H and O–H groups in total. The minimum absolute atomic E-state index is 0.0195. The van der Waals surface area contributed by atoms with Crippen molar-refractivity contribution in [3.05, 3.63) is 64.7 Å². The highest BCUT2D eigenvalue weighted by Gasteiger charge is 2.39. The average Bonchev–Trinajstić information content (AvgIpc) is 2.83. The summed E-state index contributed by atoms with van der Waals surface area (Å²) < 4.78 is 26.8. The van der Waals surface area contributed by atoms with Crippen molar-refractivity contribution in [1.29, 1.82) is 0 Å². The van der Waals surface area contributed by atoms with Gasteiger partial charge in [-0.1, -0.05) is 17.2 Å². The van der Waals surface area contributed by atoms with Crippen molar-refractivity contribution in [2.75, 3.05) is 5.32 Å². The molecule has 2 aromatic carbocycles. The predicted molar refractivity (Wildman–Crippen MR) is 81.9 cm³/mol. The van der Waals surface area contributed by atoms with Gasteiger partial charge in [0.1, 0.15) is 0 Å². The van der Waals surface area contributed by atoms with Crippen LogP contribution in [0.4, 0.5) is 19.3 Å². The molecule has 8 nitrogen and oxygen atoms in total. The van der Waals surface area contributed by atoms with Crippen LogP contribution in [-0.4, -0.2) is 28.9 Å². The molecule has 26 heavy (non-hydrogen) atoms. The fourth-order valence-electron chi connectivity index (χ4n) is 2.33. The first-order chi connectivity index (χ1) is 12.3. The Bertz CT molecular complexity index is 941. The molecule has 0 atom stereocenters. The Balaban J connectivity index is 1.92. The number of benzene rings is 2. The van der Waals surface area contributed by atoms with Crippen molar-refractivity contribution in [2.24, 2.45) is 5.73 Å². The van der Waals surface area contributed by atoms with E-state index in [1.807, 2.05) is 5.32 Å². The maximum atomic E-state index is 13.5. The Morgan fingerprint density at radius 1 is 1.00 bits per heavy atom. The van der Waals surface area contributed by atoms with Gasteiger partial charge in [0.15, 0.2) is 11.6 Å². The summed E-state index contributed by atoms with van der Waals surface area (Å²) in [6, 6.07) is 5.56. The van der Waals surface area contributed by atoms with E-state index in [-0.39, 0.29) is 16.2 Å². The van der Waals surface area contributed by atoms with E-state index in [0.29, 0.717) is 12.1 Å². The highest BCUT2D eigenvalue weighted by atomic mass is 19.2. The van der Waals surface area contributed by atoms with Gasteiger partial charge in [-0.3, -0.25) is 9.59 Å². The van der Waals surface area contributed by atoms with E-state index in [0.717, 1.165) is 0 Å². The molecule has 0 saturated heterocycles. The van der Waals surface area contributed by atoms with E-state index < -0.39 is 46.7 Å². The number of nitrogens with zero attached hydrogens (tertiary/aromatic N) is 1. The van der Waals surface area contributed by atoms with E-state index in [9.17, 15) is 28.0 Å². The minimum atomic E-state index is -1.41. The molecule has 10 heteroatoms.